The van der Waals surface area contributed by atoms with Crippen LogP contribution in [-0.2, 0) is 14.3 Å². The molecule has 0 N–H and O–H groups in total. The third-order valence-electron chi connectivity index (χ3n) is 1.36. The molecular formula is C9H16O3. The van der Waals surface area contributed by atoms with Gasteiger partial charge in [0.1, 0.15) is 12.4 Å². The van der Waals surface area contributed by atoms with Crippen LogP contribution < -0.4 is 0 Å². The molecular weight excluding hydrogens is 156 g/mol. The highest BCUT2D eigenvalue weighted by atomic mass is 16.5. The molecule has 12 heavy (non-hydrogen) atoms. The quantitative estimate of drug-likeness (QED) is 0.544. The summed E-state index contributed by atoms with van der Waals surface area (Å²) in [6.45, 7) is 3.93. The number of ether oxygens (including phenoxy) is 1. The number of hydrogen-bond acceptors (Lipinski definition) is 3. The van der Waals surface area contributed by atoms with E-state index in [1.165, 1.54) is 6.92 Å². The van der Waals surface area contributed by atoms with Crippen molar-refractivity contribution in [2.24, 2.45) is 0 Å². The summed E-state index contributed by atoms with van der Waals surface area (Å²) >= 11 is 0. The third kappa shape index (κ3) is 7.41. The van der Waals surface area contributed by atoms with Crippen LogP contribution in [0.15, 0.2) is 0 Å². The summed E-state index contributed by atoms with van der Waals surface area (Å²) in [5, 5.41) is 0. The van der Waals surface area contributed by atoms with E-state index in [9.17, 15) is 9.59 Å². The molecule has 0 rings (SSSR count). The SMILES string of the molecule is CCCC(=O)CCOCC(C)=O. The Labute approximate surface area is 73.1 Å². The number of hydrogen-bond donors (Lipinski definition) is 0. The molecule has 3 heteroatoms. The molecule has 0 atom stereocenters. The van der Waals surface area contributed by atoms with Gasteiger partial charge in [0.05, 0.1) is 6.61 Å². The van der Waals surface area contributed by atoms with Crippen LogP contribution in [0.25, 0.3) is 0 Å². The fourth-order valence-corrected chi connectivity index (χ4v) is 0.806. The lowest BCUT2D eigenvalue weighted by Crippen LogP contribution is -2.08. The van der Waals surface area contributed by atoms with Crippen LogP contribution in [0.1, 0.15) is 33.1 Å². The monoisotopic (exact) mass is 172 g/mol. The van der Waals surface area contributed by atoms with Crippen molar-refractivity contribution in [3.05, 3.63) is 0 Å². The number of carbonyl (C=O) groups excluding carboxylic acids is 2. The molecule has 0 bridgehead atoms. The van der Waals surface area contributed by atoms with Gasteiger partial charge in [-0.1, -0.05) is 6.92 Å². The maximum atomic E-state index is 10.9. The molecule has 0 spiro atoms. The summed E-state index contributed by atoms with van der Waals surface area (Å²) in [7, 11) is 0. The Morgan fingerprint density at radius 3 is 2.42 bits per heavy atom. The third-order valence-corrected chi connectivity index (χ3v) is 1.36. The lowest BCUT2D eigenvalue weighted by Gasteiger charge is -1.99. The van der Waals surface area contributed by atoms with Crippen molar-refractivity contribution in [1.82, 2.24) is 0 Å². The number of rotatable bonds is 7. The van der Waals surface area contributed by atoms with Crippen LogP contribution >= 0.6 is 0 Å². The molecule has 70 valence electrons. The van der Waals surface area contributed by atoms with Gasteiger partial charge in [0, 0.05) is 12.8 Å². The molecule has 0 unspecified atom stereocenters. The molecule has 0 saturated carbocycles. The van der Waals surface area contributed by atoms with E-state index in [2.05, 4.69) is 0 Å². The molecule has 0 fully saturated rings. The van der Waals surface area contributed by atoms with Gasteiger partial charge in [-0.2, -0.15) is 0 Å². The average Bonchev–Trinajstić information content (AvgIpc) is 1.98. The number of carbonyl (C=O) groups is 2. The fraction of sp³-hybridized carbons (Fsp3) is 0.778. The Bertz CT molecular complexity index is 152. The first kappa shape index (κ1) is 11.3. The first-order valence-electron chi connectivity index (χ1n) is 4.25. The van der Waals surface area contributed by atoms with Crippen molar-refractivity contribution in [1.29, 1.82) is 0 Å². The summed E-state index contributed by atoms with van der Waals surface area (Å²) in [5.74, 6) is 0.207. The summed E-state index contributed by atoms with van der Waals surface area (Å²) in [4.78, 5) is 21.3. The maximum absolute atomic E-state index is 10.9. The molecule has 0 amide bonds. The van der Waals surface area contributed by atoms with Gasteiger partial charge < -0.3 is 4.74 Å². The number of Topliss-reactive ketones (excluding diaryl/α,β-unsaturated/α-hetero) is 2. The highest BCUT2D eigenvalue weighted by Gasteiger charge is 2.00. The standard InChI is InChI=1S/C9H16O3/c1-3-4-9(11)5-6-12-7-8(2)10/h3-7H2,1-2H3. The Morgan fingerprint density at radius 2 is 1.92 bits per heavy atom. The molecule has 0 aliphatic carbocycles. The van der Waals surface area contributed by atoms with E-state index in [0.717, 1.165) is 6.42 Å². The summed E-state index contributed by atoms with van der Waals surface area (Å²) in [5.41, 5.74) is 0. The van der Waals surface area contributed by atoms with Crippen LogP contribution in [0.4, 0.5) is 0 Å². The van der Waals surface area contributed by atoms with Gasteiger partial charge in [0.2, 0.25) is 0 Å². The fourth-order valence-electron chi connectivity index (χ4n) is 0.806. The minimum absolute atomic E-state index is 0.00191. The van der Waals surface area contributed by atoms with Gasteiger partial charge in [-0.3, -0.25) is 9.59 Å². The largest absolute Gasteiger partial charge is 0.373 e. The molecule has 0 heterocycles. The zero-order valence-electron chi connectivity index (χ0n) is 7.76. The second-order valence-corrected chi connectivity index (χ2v) is 2.79. The predicted molar refractivity (Wildman–Crippen MR) is 46.0 cm³/mol. The van der Waals surface area contributed by atoms with Gasteiger partial charge in [-0.15, -0.1) is 0 Å². The van der Waals surface area contributed by atoms with Crippen molar-refractivity contribution in [3.63, 3.8) is 0 Å². The molecule has 0 aromatic rings. The van der Waals surface area contributed by atoms with E-state index in [-0.39, 0.29) is 18.2 Å². The minimum Gasteiger partial charge on any atom is -0.373 e. The first-order chi connectivity index (χ1) is 5.66. The normalized spacial score (nSPS) is 9.83. The van der Waals surface area contributed by atoms with E-state index >= 15 is 0 Å². The Balaban J connectivity index is 3.19. The summed E-state index contributed by atoms with van der Waals surface area (Å²) < 4.78 is 4.94. The first-order valence-corrected chi connectivity index (χ1v) is 4.25. The lowest BCUT2D eigenvalue weighted by atomic mass is 10.2. The Kier molecular flexibility index (Phi) is 6.57. The van der Waals surface area contributed by atoms with Crippen molar-refractivity contribution < 1.29 is 14.3 Å². The predicted octanol–water partition coefficient (Wildman–Crippen LogP) is 1.35. The molecule has 3 nitrogen and oxygen atoms in total. The van der Waals surface area contributed by atoms with E-state index in [1.807, 2.05) is 6.92 Å². The Hall–Kier alpha value is -0.700. The van der Waals surface area contributed by atoms with Crippen LogP contribution in [0.2, 0.25) is 0 Å². The molecule has 0 radical (unpaired) electrons. The van der Waals surface area contributed by atoms with Gasteiger partial charge >= 0.3 is 0 Å². The van der Waals surface area contributed by atoms with Crippen LogP contribution in [0.3, 0.4) is 0 Å². The second-order valence-electron chi connectivity index (χ2n) is 2.79. The zero-order chi connectivity index (χ0) is 9.40. The lowest BCUT2D eigenvalue weighted by molar-refractivity contribution is -0.124. The molecule has 0 aliphatic heterocycles. The summed E-state index contributed by atoms with van der Waals surface area (Å²) in [6.07, 6.45) is 1.93. The highest BCUT2D eigenvalue weighted by Crippen LogP contribution is 1.94. The average molecular weight is 172 g/mol. The Morgan fingerprint density at radius 1 is 1.25 bits per heavy atom. The van der Waals surface area contributed by atoms with Crippen molar-refractivity contribution in [2.45, 2.75) is 33.1 Å². The minimum atomic E-state index is -0.00191. The van der Waals surface area contributed by atoms with Crippen molar-refractivity contribution in [3.8, 4) is 0 Å². The van der Waals surface area contributed by atoms with Crippen LogP contribution in [-0.4, -0.2) is 24.8 Å². The van der Waals surface area contributed by atoms with Gasteiger partial charge in [-0.25, -0.2) is 0 Å². The second kappa shape index (κ2) is 6.98. The molecule has 0 aliphatic rings. The van der Waals surface area contributed by atoms with Crippen LogP contribution in [0, 0.1) is 0 Å². The highest BCUT2D eigenvalue weighted by molar-refractivity contribution is 5.78. The molecule has 0 aromatic heterocycles. The van der Waals surface area contributed by atoms with E-state index < -0.39 is 0 Å². The summed E-state index contributed by atoms with van der Waals surface area (Å²) in [6, 6.07) is 0. The smallest absolute Gasteiger partial charge is 0.155 e. The number of ketones is 2. The topological polar surface area (TPSA) is 43.4 Å². The van der Waals surface area contributed by atoms with E-state index in [0.29, 0.717) is 19.4 Å². The zero-order valence-corrected chi connectivity index (χ0v) is 7.76. The van der Waals surface area contributed by atoms with Gasteiger partial charge in [0.15, 0.2) is 5.78 Å². The van der Waals surface area contributed by atoms with Crippen molar-refractivity contribution in [2.75, 3.05) is 13.2 Å². The van der Waals surface area contributed by atoms with E-state index in [1.54, 1.807) is 0 Å². The van der Waals surface area contributed by atoms with E-state index in [4.69, 9.17) is 4.74 Å². The molecule has 0 saturated heterocycles. The molecule has 0 aromatic carbocycles. The van der Waals surface area contributed by atoms with Gasteiger partial charge in [0.25, 0.3) is 0 Å². The van der Waals surface area contributed by atoms with Crippen molar-refractivity contribution >= 4 is 11.6 Å². The maximum Gasteiger partial charge on any atom is 0.155 e. The van der Waals surface area contributed by atoms with Gasteiger partial charge in [-0.05, 0) is 13.3 Å². The van der Waals surface area contributed by atoms with Crippen LogP contribution in [0.5, 0.6) is 0 Å².